The Kier molecular flexibility index (Phi) is 9.05. The van der Waals surface area contributed by atoms with Gasteiger partial charge in [0.05, 0.1) is 18.0 Å². The first kappa shape index (κ1) is 36.5. The molecule has 15 nitrogen and oxygen atoms in total. The van der Waals surface area contributed by atoms with E-state index in [1.807, 2.05) is 9.13 Å². The molecule has 292 valence electrons. The monoisotopic (exact) mass is 790 g/mol. The van der Waals surface area contributed by atoms with Crippen LogP contribution in [0.1, 0.15) is 59.6 Å². The van der Waals surface area contributed by atoms with Crippen LogP contribution in [0, 0.1) is 23.3 Å². The molecule has 0 unspecified atom stereocenters. The van der Waals surface area contributed by atoms with Gasteiger partial charge in [0, 0.05) is 56.1 Å². The molecule has 2 aliphatic rings. The fourth-order valence-corrected chi connectivity index (χ4v) is 7.28. The molecule has 0 N–H and O–H groups in total. The van der Waals surface area contributed by atoms with Crippen molar-refractivity contribution in [2.45, 2.75) is 52.6 Å². The first-order valence-corrected chi connectivity index (χ1v) is 18.3. The van der Waals surface area contributed by atoms with Gasteiger partial charge in [0.25, 0.3) is 5.82 Å². The number of esters is 1. The summed E-state index contributed by atoms with van der Waals surface area (Å²) in [5.41, 5.74) is 4.17. The van der Waals surface area contributed by atoms with E-state index in [2.05, 4.69) is 40.6 Å². The summed E-state index contributed by atoms with van der Waals surface area (Å²) >= 11 is 0. The van der Waals surface area contributed by atoms with Crippen molar-refractivity contribution in [2.75, 3.05) is 6.61 Å². The number of nitrogens with zero attached hydrogens (tertiary/aromatic N) is 12. The molecule has 0 aliphatic carbocycles. The molecule has 0 saturated heterocycles. The average molecular weight is 791 g/mol. The summed E-state index contributed by atoms with van der Waals surface area (Å²) in [6.07, 6.45) is 3.35. The fourth-order valence-electron chi connectivity index (χ4n) is 7.28. The number of ketones is 1. The minimum Gasteiger partial charge on any atom is -0.460 e. The standard InChI is InChI=1S/C20H16F2N6O2.C19H14F2N6O/c1-2-30-20(29)19-25-24-16-8-7-14(26-28(16)19)18-17(23-15-4-3-9-27(15)18)12-6-5-11(21)10-13(12)22;1-10(28)19-24-23-16-7-6-14(25-27(16)19)18-17(22-15-3-2-8-26(15)18)12-5-4-11(20)9-13(12)21/h5-8,10H,2-4,9H2,1H3;4-7,9H,2-3,8H2,1H3. The number of ether oxygens (including phenoxy) is 1. The molecule has 2 aromatic carbocycles. The van der Waals surface area contributed by atoms with Gasteiger partial charge in [0.15, 0.2) is 17.1 Å². The topological polar surface area (TPSA) is 165 Å². The van der Waals surface area contributed by atoms with Crippen LogP contribution in [0.4, 0.5) is 17.6 Å². The second-order valence-electron chi connectivity index (χ2n) is 13.5. The zero-order chi connectivity index (χ0) is 40.2. The summed E-state index contributed by atoms with van der Waals surface area (Å²) in [5.74, 6) is -1.91. The molecular formula is C39H30F4N12O3. The van der Waals surface area contributed by atoms with Crippen molar-refractivity contribution in [1.82, 2.24) is 58.7 Å². The number of fused-ring (bicyclic) bond motifs is 4. The van der Waals surface area contributed by atoms with Crippen LogP contribution in [-0.2, 0) is 30.7 Å². The number of imidazole rings is 2. The van der Waals surface area contributed by atoms with Crippen LogP contribution in [-0.4, -0.2) is 77.1 Å². The predicted molar refractivity (Wildman–Crippen MR) is 197 cm³/mol. The van der Waals surface area contributed by atoms with Gasteiger partial charge in [0.1, 0.15) is 57.7 Å². The Hall–Kier alpha value is -7.18. The maximum Gasteiger partial charge on any atom is 0.378 e. The molecule has 0 fully saturated rings. The van der Waals surface area contributed by atoms with Crippen molar-refractivity contribution >= 4 is 23.0 Å². The highest BCUT2D eigenvalue weighted by Gasteiger charge is 2.28. The summed E-state index contributed by atoms with van der Waals surface area (Å²) < 4.78 is 67.5. The summed E-state index contributed by atoms with van der Waals surface area (Å²) in [7, 11) is 0. The summed E-state index contributed by atoms with van der Waals surface area (Å²) in [5, 5.41) is 24.7. The highest BCUT2D eigenvalue weighted by atomic mass is 19.1. The van der Waals surface area contributed by atoms with Gasteiger partial charge in [-0.05, 0) is 68.3 Å². The lowest BCUT2D eigenvalue weighted by Crippen LogP contribution is -2.12. The van der Waals surface area contributed by atoms with Gasteiger partial charge in [-0.2, -0.15) is 19.2 Å². The summed E-state index contributed by atoms with van der Waals surface area (Å²) in [6.45, 7) is 4.70. The number of halogens is 4. The van der Waals surface area contributed by atoms with Gasteiger partial charge in [-0.3, -0.25) is 4.79 Å². The van der Waals surface area contributed by atoms with Crippen molar-refractivity contribution in [3.63, 3.8) is 0 Å². The molecule has 0 radical (unpaired) electrons. The van der Waals surface area contributed by atoms with Gasteiger partial charge in [-0.25, -0.2) is 32.3 Å². The number of rotatable bonds is 7. The Balaban J connectivity index is 0.000000151. The van der Waals surface area contributed by atoms with Crippen molar-refractivity contribution in [1.29, 1.82) is 0 Å². The van der Waals surface area contributed by atoms with Gasteiger partial charge >= 0.3 is 5.97 Å². The molecule has 19 heteroatoms. The van der Waals surface area contributed by atoms with E-state index in [1.54, 1.807) is 31.2 Å². The number of aryl methyl sites for hydroxylation is 2. The summed E-state index contributed by atoms with van der Waals surface area (Å²) in [6, 6.07) is 13.6. The van der Waals surface area contributed by atoms with E-state index in [0.29, 0.717) is 52.0 Å². The third-order valence-electron chi connectivity index (χ3n) is 9.81. The third-order valence-corrected chi connectivity index (χ3v) is 9.81. The molecule has 8 heterocycles. The van der Waals surface area contributed by atoms with Crippen LogP contribution < -0.4 is 0 Å². The van der Waals surface area contributed by atoms with Gasteiger partial charge in [-0.15, -0.1) is 20.4 Å². The van der Waals surface area contributed by atoms with Crippen molar-refractivity contribution in [2.24, 2.45) is 0 Å². The van der Waals surface area contributed by atoms with E-state index in [-0.39, 0.29) is 35.2 Å². The normalized spacial score (nSPS) is 13.1. The molecule has 0 bridgehead atoms. The lowest BCUT2D eigenvalue weighted by molar-refractivity contribution is 0.0508. The molecule has 0 amide bonds. The molecule has 6 aromatic heterocycles. The minimum absolute atomic E-state index is 0.0515. The van der Waals surface area contributed by atoms with Crippen molar-refractivity contribution in [3.05, 3.63) is 107 Å². The highest BCUT2D eigenvalue weighted by molar-refractivity contribution is 5.91. The van der Waals surface area contributed by atoms with E-state index in [9.17, 15) is 27.2 Å². The smallest absolute Gasteiger partial charge is 0.378 e. The predicted octanol–water partition coefficient (Wildman–Crippen LogP) is 6.14. The van der Waals surface area contributed by atoms with E-state index >= 15 is 0 Å². The lowest BCUT2D eigenvalue weighted by Gasteiger charge is -2.09. The molecule has 58 heavy (non-hydrogen) atoms. The zero-order valence-corrected chi connectivity index (χ0v) is 30.8. The second kappa shape index (κ2) is 14.4. The Morgan fingerprint density at radius 2 is 1.14 bits per heavy atom. The Morgan fingerprint density at radius 1 is 0.655 bits per heavy atom. The molecule has 8 aromatic rings. The van der Waals surface area contributed by atoms with Crippen molar-refractivity contribution in [3.8, 4) is 45.3 Å². The molecule has 10 rings (SSSR count). The molecule has 0 atom stereocenters. The third kappa shape index (κ3) is 6.23. The highest BCUT2D eigenvalue weighted by Crippen LogP contribution is 2.38. The number of Topliss-reactive ketones (excluding diaryl/α,β-unsaturated/α-hetero) is 1. The SMILES string of the molecule is CC(=O)c1nnc2ccc(-c3c(-c4ccc(F)cc4F)nc4n3CCC4)nn12.CCOC(=O)c1nnc2ccc(-c3c(-c4ccc(F)cc4F)nc4n3CCC4)nn12. The minimum atomic E-state index is -0.703. The Morgan fingerprint density at radius 3 is 1.60 bits per heavy atom. The number of aromatic nitrogens is 12. The first-order valence-electron chi connectivity index (χ1n) is 18.3. The van der Waals surface area contributed by atoms with Gasteiger partial charge in [0.2, 0.25) is 5.82 Å². The van der Waals surface area contributed by atoms with Gasteiger partial charge in [-0.1, -0.05) is 0 Å². The maximum atomic E-state index is 14.6. The zero-order valence-electron chi connectivity index (χ0n) is 30.8. The molecule has 2 aliphatic heterocycles. The number of benzene rings is 2. The Bertz CT molecular complexity index is 2950. The van der Waals surface area contributed by atoms with Crippen LogP contribution in [0.2, 0.25) is 0 Å². The van der Waals surface area contributed by atoms with Crippen LogP contribution in [0.5, 0.6) is 0 Å². The fraction of sp³-hybridized carbons (Fsp3) is 0.231. The molecule has 0 saturated carbocycles. The number of hydrogen-bond acceptors (Lipinski definition) is 11. The van der Waals surface area contributed by atoms with E-state index in [4.69, 9.17) is 4.74 Å². The number of carbonyl (C=O) groups excluding carboxylic acids is 2. The molecule has 0 spiro atoms. The van der Waals surface area contributed by atoms with Crippen LogP contribution in [0.25, 0.3) is 56.6 Å². The Labute approximate surface area is 325 Å². The summed E-state index contributed by atoms with van der Waals surface area (Å²) in [4.78, 5) is 33.2. The second-order valence-corrected chi connectivity index (χ2v) is 13.5. The van der Waals surface area contributed by atoms with Crippen LogP contribution >= 0.6 is 0 Å². The molecular weight excluding hydrogens is 761 g/mol. The van der Waals surface area contributed by atoms with E-state index in [0.717, 1.165) is 56.0 Å². The van der Waals surface area contributed by atoms with Gasteiger partial charge < -0.3 is 13.9 Å². The first-order chi connectivity index (χ1) is 28.1. The quantitative estimate of drug-likeness (QED) is 0.104. The van der Waals surface area contributed by atoms with Crippen LogP contribution in [0.15, 0.2) is 60.7 Å². The van der Waals surface area contributed by atoms with E-state index < -0.39 is 29.2 Å². The largest absolute Gasteiger partial charge is 0.460 e. The maximum absolute atomic E-state index is 14.6. The lowest BCUT2D eigenvalue weighted by atomic mass is 10.1. The van der Waals surface area contributed by atoms with Crippen LogP contribution in [0.3, 0.4) is 0 Å². The number of carbonyl (C=O) groups is 2. The van der Waals surface area contributed by atoms with Crippen molar-refractivity contribution < 1.29 is 31.9 Å². The number of hydrogen-bond donors (Lipinski definition) is 0. The van der Waals surface area contributed by atoms with E-state index in [1.165, 1.54) is 40.2 Å². The average Bonchev–Trinajstić information content (AvgIpc) is 4.05.